The fourth-order valence-electron chi connectivity index (χ4n) is 13.0. The summed E-state index contributed by atoms with van der Waals surface area (Å²) in [6.45, 7) is 16.0. The molecule has 0 atom stereocenters. The van der Waals surface area contributed by atoms with Crippen LogP contribution in [0.5, 0.6) is 63.8 Å². The number of methoxy groups -OCH3 is 3. The van der Waals surface area contributed by atoms with E-state index in [1.54, 1.807) is 86.8 Å². The van der Waals surface area contributed by atoms with E-state index in [1.165, 1.54) is 32.0 Å². The molecule has 4 aromatic heterocycles. The number of hydrogen-bond acceptors (Lipinski definition) is 27. The van der Waals surface area contributed by atoms with Crippen molar-refractivity contribution >= 4 is 138 Å². The summed E-state index contributed by atoms with van der Waals surface area (Å²) in [5.41, 5.74) is 34.4. The standard InChI is InChI=1S/C24H21BN4O2.C24H20F3N5O3.C20H20ClN3O3.C15H14N4O.C8H8F3NO.C8H11NO.C2HF3O/c1-16-7-9-18(10-8-16)14-26-24-28-17(2)13-23(29-24)31-22-12-11-21(27-15-25-30)19-5-3-4-6-20(19)22;1-13-11-21(32-22(28)29-13)35-19-10-8-17(15-5-3-4-6-16(15)19)30-23(33)31-18-12-14(24(25,26)27)7-9-20(18)34-2;1-12-11-17(24-18(21)22-12)26-16-10-9-15(13-7-5-6-8-14(13)16)23-19(25)27-20(2,3)4;1-9-8-14(19-15(17)18-9)20-13-7-6-12(16)10-4-2-3-5-11(10)13;1-13-7-3-2-5(4-6(7)12)8(9,10)11;1-10-8-4-2-7(6-9)3-5-8;3-2(4,5)1-6/h3-13,15H,14H2,1-2H3,(H,26,28,29);3-12H,1-2H3,(H2,28,29,32)(H2,30,31,33);5-11H,1-4H3,(H,23,25);2-8H,16H2,1H3,(H2,17,18,19);2-4H,12H2,1H3;2-5H,6,9H2,1H3;1H. The van der Waals surface area contributed by atoms with Crippen LogP contribution in [0.4, 0.5) is 101 Å². The van der Waals surface area contributed by atoms with Gasteiger partial charge in [0.05, 0.1) is 55.2 Å². The van der Waals surface area contributed by atoms with Gasteiger partial charge in [0.1, 0.15) is 40.1 Å². The van der Waals surface area contributed by atoms with Crippen molar-refractivity contribution in [3.05, 3.63) is 311 Å². The fraction of sp³-hybridized carbons (Fsp3) is 0.168. The van der Waals surface area contributed by atoms with Crippen molar-refractivity contribution in [3.8, 4) is 63.8 Å². The predicted molar refractivity (Wildman–Crippen MR) is 530 cm³/mol. The van der Waals surface area contributed by atoms with Crippen molar-refractivity contribution in [1.29, 1.82) is 0 Å². The number of nitrogens with two attached hydrogens (primary N) is 5. The maximum absolute atomic E-state index is 13.1. The van der Waals surface area contributed by atoms with E-state index in [9.17, 15) is 53.8 Å². The number of aldehydes is 1. The zero-order chi connectivity index (χ0) is 103. The number of hydrogen-bond donors (Lipinski definition) is 9. The first-order valence-corrected chi connectivity index (χ1v) is 43.0. The molecule has 0 fully saturated rings. The molecule has 734 valence electrons. The van der Waals surface area contributed by atoms with Gasteiger partial charge in [0.15, 0.2) is 0 Å². The van der Waals surface area contributed by atoms with E-state index in [-0.39, 0.29) is 45.9 Å². The van der Waals surface area contributed by atoms with Crippen LogP contribution in [0.1, 0.15) is 71.4 Å². The number of carbonyl (C=O) groups excluding carboxylic acids is 3. The number of nitrogens with zero attached hydrogens (tertiary/aromatic N) is 9. The van der Waals surface area contributed by atoms with Gasteiger partial charge in [-0.1, -0.05) is 115 Å². The number of rotatable bonds is 20. The Balaban J connectivity index is 0.000000179. The Bertz CT molecular complexity index is 7060. The number of aryl methyl sites for hydroxylation is 5. The molecular formula is C101H95BClF9N18O12. The molecule has 0 bridgehead atoms. The number of nitrogen functional groups attached to an aromatic ring is 4. The van der Waals surface area contributed by atoms with Crippen LogP contribution in [-0.4, -0.2) is 105 Å². The van der Waals surface area contributed by atoms with Crippen LogP contribution in [0.25, 0.3) is 43.1 Å². The normalized spacial score (nSPS) is 11.0. The van der Waals surface area contributed by atoms with Gasteiger partial charge >= 0.3 is 169 Å². The van der Waals surface area contributed by atoms with Gasteiger partial charge in [-0.05, 0) is 156 Å². The second kappa shape index (κ2) is 49.3. The second-order valence-corrected chi connectivity index (χ2v) is 31.6. The van der Waals surface area contributed by atoms with E-state index >= 15 is 0 Å². The summed E-state index contributed by atoms with van der Waals surface area (Å²) in [5, 5.41) is 17.8. The number of anilines is 8. The molecule has 0 spiro atoms. The molecule has 0 saturated heterocycles. The van der Waals surface area contributed by atoms with Crippen LogP contribution < -0.4 is 83.1 Å². The number of aliphatic imine (C=N–C) groups is 1. The number of ether oxygens (including phenoxy) is 8. The minimum Gasteiger partial charge on any atom is -0.293 e. The molecule has 0 saturated carbocycles. The zero-order valence-corrected chi connectivity index (χ0v) is 78.7. The topological polar surface area (TPSA) is 436 Å². The maximum atomic E-state index is 13.1. The summed E-state index contributed by atoms with van der Waals surface area (Å²) in [6, 6.07) is 72.3. The first kappa shape index (κ1) is 107. The molecule has 4 heterocycles. The van der Waals surface area contributed by atoms with Gasteiger partial charge < -0.3 is 72.5 Å². The molecule has 0 radical (unpaired) electrons. The summed E-state index contributed by atoms with van der Waals surface area (Å²) < 4.78 is 161. The third kappa shape index (κ3) is 32.3. The summed E-state index contributed by atoms with van der Waals surface area (Å²) in [5.74, 6) is 5.86. The molecule has 16 rings (SSSR count). The van der Waals surface area contributed by atoms with E-state index in [1.807, 2.05) is 163 Å². The molecule has 16 aromatic rings. The van der Waals surface area contributed by atoms with E-state index in [0.29, 0.717) is 112 Å². The van der Waals surface area contributed by atoms with E-state index in [4.69, 9.17) is 83.0 Å². The van der Waals surface area contributed by atoms with Crippen molar-refractivity contribution in [1.82, 2.24) is 39.9 Å². The van der Waals surface area contributed by atoms with E-state index in [0.717, 1.165) is 90.9 Å². The largest absolute Gasteiger partial charge is 0.446 e. The van der Waals surface area contributed by atoms with Gasteiger partial charge in [-0.15, -0.1) is 0 Å². The fourth-order valence-corrected chi connectivity index (χ4v) is 13.2. The van der Waals surface area contributed by atoms with Crippen molar-refractivity contribution < 1.29 is 96.5 Å². The third-order valence-electron chi connectivity index (χ3n) is 19.3. The number of fused-ring (bicyclic) bond motifs is 4. The van der Waals surface area contributed by atoms with Gasteiger partial charge in [-0.25, -0.2) is 24.5 Å². The van der Waals surface area contributed by atoms with Gasteiger partial charge in [0.25, 0.3) is 0 Å². The second-order valence-electron chi connectivity index (χ2n) is 31.3. The quantitative estimate of drug-likeness (QED) is 0.00854. The number of amides is 3. The van der Waals surface area contributed by atoms with Gasteiger partial charge in [-0.3, -0.25) is 10.1 Å². The number of nitrogens with one attached hydrogen (secondary N) is 4. The molecule has 3 amide bonds. The van der Waals surface area contributed by atoms with Gasteiger partial charge in [0, 0.05) is 79.8 Å². The van der Waals surface area contributed by atoms with Crippen LogP contribution in [0.2, 0.25) is 5.28 Å². The minimum absolute atomic E-state index is 0.0164. The first-order chi connectivity index (χ1) is 67.5. The molecule has 0 aliphatic carbocycles. The average molecular weight is 1970 g/mol. The van der Waals surface area contributed by atoms with Crippen LogP contribution >= 0.6 is 11.6 Å². The molecule has 30 nitrogen and oxygen atoms in total. The van der Waals surface area contributed by atoms with Gasteiger partial charge in [0.2, 0.25) is 41.1 Å². The monoisotopic (exact) mass is 1970 g/mol. The third-order valence-corrected chi connectivity index (χ3v) is 19.5. The van der Waals surface area contributed by atoms with E-state index in [2.05, 4.69) is 97.3 Å². The minimum atomic E-state index is -4.64. The predicted octanol–water partition coefficient (Wildman–Crippen LogP) is 24.2. The number of halogens is 10. The van der Waals surface area contributed by atoms with Crippen LogP contribution in [0.15, 0.2) is 260 Å². The van der Waals surface area contributed by atoms with Crippen molar-refractivity contribution in [2.24, 2.45) is 10.7 Å². The number of aromatic nitrogens is 8. The smallest absolute Gasteiger partial charge is 0.293 e. The Hall–Kier alpha value is -17.0. The average Bonchev–Trinajstić information content (AvgIpc) is 0.799. The van der Waals surface area contributed by atoms with Crippen LogP contribution in [-0.2, 0) is 39.7 Å². The Morgan fingerprint density at radius 3 is 1.29 bits per heavy atom. The molecule has 14 N–H and O–H groups in total. The SMILES string of the molecule is COc1ccc(C(F)(F)F)cc1N.COc1ccc(C(F)(F)F)cc1NC(=O)Nc1ccc(Oc2cc(C)nc(N)n2)c2ccccc12.COc1ccc(CN)cc1.Cc1cc(Oc2ccc(N)c3ccccc23)nc(N)n1.Cc1cc(Oc2ccc(NC(=O)OC(C)(C)C)c3ccccc23)nc(Cl)n1.Cc1ccc(CNc2nc(C)cc(Oc3ccc(N=CB=O)c4ccccc34)n2)cc1.O=CC(F)(F)F. The van der Waals surface area contributed by atoms with Gasteiger partial charge in [-0.2, -0.15) is 54.5 Å². The Morgan fingerprint density at radius 1 is 0.423 bits per heavy atom. The summed E-state index contributed by atoms with van der Waals surface area (Å²) >= 11 is 5.91. The summed E-state index contributed by atoms with van der Waals surface area (Å²) in [7, 11) is 4.95. The number of urea groups is 1. The maximum Gasteiger partial charge on any atom is 0.446 e. The Labute approximate surface area is 813 Å². The van der Waals surface area contributed by atoms with Crippen LogP contribution in [0, 0.1) is 34.6 Å². The first-order valence-electron chi connectivity index (χ1n) is 42.6. The molecule has 0 aliphatic rings. The Morgan fingerprint density at radius 2 is 0.831 bits per heavy atom. The van der Waals surface area contributed by atoms with Crippen molar-refractivity contribution in [3.63, 3.8) is 0 Å². The van der Waals surface area contributed by atoms with E-state index < -0.39 is 53.7 Å². The summed E-state index contributed by atoms with van der Waals surface area (Å²) in [4.78, 5) is 71.0. The van der Waals surface area contributed by atoms with Crippen molar-refractivity contribution in [2.45, 2.75) is 92.6 Å². The van der Waals surface area contributed by atoms with Crippen molar-refractivity contribution in [2.75, 3.05) is 65.5 Å². The number of benzene rings is 12. The summed E-state index contributed by atoms with van der Waals surface area (Å²) in [6.07, 6.45) is -13.9. The molecule has 142 heavy (non-hydrogen) atoms. The molecule has 12 aromatic carbocycles. The number of alkyl halides is 9. The Kier molecular flexibility index (Phi) is 37.2. The van der Waals surface area contributed by atoms with Crippen LogP contribution in [0.3, 0.4) is 0 Å². The molecule has 0 unspecified atom stereocenters. The molecule has 41 heteroatoms. The number of carbonyl (C=O) groups is 3. The zero-order valence-electron chi connectivity index (χ0n) is 78.0. The molecular weight excluding hydrogens is 1870 g/mol. The molecule has 0 aliphatic heterocycles.